The molecule has 0 aliphatic heterocycles. The second-order valence-electron chi connectivity index (χ2n) is 4.05. The van der Waals surface area contributed by atoms with Crippen LogP contribution in [0.5, 0.6) is 0 Å². The topological polar surface area (TPSA) is 58.0 Å². The Labute approximate surface area is 125 Å². The summed E-state index contributed by atoms with van der Waals surface area (Å²) < 4.78 is 0.711. The van der Waals surface area contributed by atoms with Gasteiger partial charge >= 0.3 is 0 Å². The van der Waals surface area contributed by atoms with Gasteiger partial charge in [0, 0.05) is 6.20 Å². The summed E-state index contributed by atoms with van der Waals surface area (Å²) in [6.45, 7) is 0.00293. The number of nitrogens with zero attached hydrogens (tertiary/aromatic N) is 2. The molecule has 19 heavy (non-hydrogen) atoms. The zero-order valence-electron chi connectivity index (χ0n) is 10.1. The van der Waals surface area contributed by atoms with Gasteiger partial charge in [-0.1, -0.05) is 30.3 Å². The fourth-order valence-electron chi connectivity index (χ4n) is 1.70. The smallest absolute Gasteiger partial charge is 0.224 e. The van der Waals surface area contributed by atoms with Gasteiger partial charge in [0.15, 0.2) is 0 Å². The zero-order chi connectivity index (χ0) is 13.7. The van der Waals surface area contributed by atoms with E-state index in [0.29, 0.717) is 16.7 Å². The summed E-state index contributed by atoms with van der Waals surface area (Å²) in [5, 5.41) is 12.8. The average molecular weight is 343 g/mol. The molecule has 0 radical (unpaired) electrons. The van der Waals surface area contributed by atoms with Crippen molar-refractivity contribution in [3.63, 3.8) is 0 Å². The van der Waals surface area contributed by atoms with E-state index in [0.717, 1.165) is 5.56 Å². The number of rotatable bonds is 5. The van der Waals surface area contributed by atoms with Crippen LogP contribution in [0.4, 0.5) is 5.82 Å². The van der Waals surface area contributed by atoms with Crippen molar-refractivity contribution in [1.29, 1.82) is 0 Å². The zero-order valence-corrected chi connectivity index (χ0v) is 12.4. The summed E-state index contributed by atoms with van der Waals surface area (Å²) in [7, 11) is 0. The van der Waals surface area contributed by atoms with Gasteiger partial charge in [-0.05, 0) is 39.5 Å². The normalized spacial score (nSPS) is 12.2. The summed E-state index contributed by atoms with van der Waals surface area (Å²) in [6.07, 6.45) is 2.28. The first kappa shape index (κ1) is 14.2. The highest BCUT2D eigenvalue weighted by Gasteiger charge is 2.12. The second kappa shape index (κ2) is 6.84. The van der Waals surface area contributed by atoms with E-state index in [1.165, 1.54) is 0 Å². The minimum Gasteiger partial charge on any atom is -0.394 e. The molecule has 1 unspecified atom stereocenters. The molecular formula is C13H13BrClN3O. The molecule has 2 rings (SSSR count). The number of halogens is 2. The van der Waals surface area contributed by atoms with Crippen LogP contribution in [0.3, 0.4) is 0 Å². The second-order valence-corrected chi connectivity index (χ2v) is 5.24. The van der Waals surface area contributed by atoms with E-state index in [4.69, 9.17) is 11.6 Å². The molecule has 1 atom stereocenters. The van der Waals surface area contributed by atoms with Gasteiger partial charge in [-0.15, -0.1) is 0 Å². The molecule has 1 aromatic heterocycles. The fourth-order valence-corrected chi connectivity index (χ4v) is 2.14. The number of benzene rings is 1. The van der Waals surface area contributed by atoms with Crippen LogP contribution in [0.15, 0.2) is 41.0 Å². The van der Waals surface area contributed by atoms with E-state index in [9.17, 15) is 5.11 Å². The fraction of sp³-hybridized carbons (Fsp3) is 0.231. The molecule has 100 valence electrons. The maximum atomic E-state index is 9.45. The third-order valence-electron chi connectivity index (χ3n) is 2.60. The van der Waals surface area contributed by atoms with Crippen LogP contribution in [0, 0.1) is 0 Å². The molecule has 0 aliphatic carbocycles. The van der Waals surface area contributed by atoms with Crippen molar-refractivity contribution in [2.75, 3.05) is 11.9 Å². The van der Waals surface area contributed by atoms with Gasteiger partial charge in [0.2, 0.25) is 5.28 Å². The van der Waals surface area contributed by atoms with Crippen LogP contribution in [0.2, 0.25) is 5.28 Å². The third-order valence-corrected chi connectivity index (χ3v) is 3.36. The van der Waals surface area contributed by atoms with Crippen LogP contribution < -0.4 is 5.32 Å². The van der Waals surface area contributed by atoms with Crippen LogP contribution in [0.25, 0.3) is 0 Å². The first-order chi connectivity index (χ1) is 9.19. The van der Waals surface area contributed by atoms with E-state index in [1.54, 1.807) is 6.20 Å². The minimum absolute atomic E-state index is 0.00293. The monoisotopic (exact) mass is 341 g/mol. The van der Waals surface area contributed by atoms with Crippen molar-refractivity contribution < 1.29 is 5.11 Å². The molecule has 0 bridgehead atoms. The van der Waals surface area contributed by atoms with Gasteiger partial charge in [0.05, 0.1) is 17.1 Å². The standard InChI is InChI=1S/C13H13BrClN3O/c14-11-7-16-13(15)18-12(11)17-10(8-19)6-9-4-2-1-3-5-9/h1-5,7,10,19H,6,8H2,(H,16,17,18). The van der Waals surface area contributed by atoms with Gasteiger partial charge < -0.3 is 10.4 Å². The lowest BCUT2D eigenvalue weighted by Crippen LogP contribution is -2.27. The van der Waals surface area contributed by atoms with Crippen molar-refractivity contribution >= 4 is 33.3 Å². The van der Waals surface area contributed by atoms with Crippen LogP contribution in [-0.2, 0) is 6.42 Å². The molecule has 6 heteroatoms. The van der Waals surface area contributed by atoms with E-state index >= 15 is 0 Å². The van der Waals surface area contributed by atoms with Crippen LogP contribution in [-0.4, -0.2) is 27.7 Å². The van der Waals surface area contributed by atoms with Crippen molar-refractivity contribution in [3.8, 4) is 0 Å². The van der Waals surface area contributed by atoms with Gasteiger partial charge in [-0.2, -0.15) is 4.98 Å². The Morgan fingerprint density at radius 3 is 2.74 bits per heavy atom. The largest absolute Gasteiger partial charge is 0.394 e. The van der Waals surface area contributed by atoms with Crippen molar-refractivity contribution in [3.05, 3.63) is 51.8 Å². The molecule has 2 N–H and O–H groups in total. The summed E-state index contributed by atoms with van der Waals surface area (Å²) in [6, 6.07) is 9.82. The van der Waals surface area contributed by atoms with E-state index < -0.39 is 0 Å². The molecule has 0 aliphatic rings. The molecule has 4 nitrogen and oxygen atoms in total. The van der Waals surface area contributed by atoms with Crippen molar-refractivity contribution in [1.82, 2.24) is 9.97 Å². The van der Waals surface area contributed by atoms with Gasteiger partial charge in [-0.25, -0.2) is 4.98 Å². The lowest BCUT2D eigenvalue weighted by molar-refractivity contribution is 0.273. The van der Waals surface area contributed by atoms with Crippen LogP contribution in [0.1, 0.15) is 5.56 Å². The molecular weight excluding hydrogens is 330 g/mol. The lowest BCUT2D eigenvalue weighted by Gasteiger charge is -2.17. The number of hydrogen-bond donors (Lipinski definition) is 2. The van der Waals surface area contributed by atoms with Gasteiger partial charge in [0.1, 0.15) is 5.82 Å². The molecule has 1 aromatic carbocycles. The SMILES string of the molecule is OCC(Cc1ccccc1)Nc1nc(Cl)ncc1Br. The number of anilines is 1. The Bertz CT molecular complexity index is 539. The highest BCUT2D eigenvalue weighted by atomic mass is 79.9. The lowest BCUT2D eigenvalue weighted by atomic mass is 10.1. The molecule has 0 saturated carbocycles. The molecule has 1 heterocycles. The Balaban J connectivity index is 2.09. The number of aromatic nitrogens is 2. The Hall–Kier alpha value is -1.17. The van der Waals surface area contributed by atoms with Crippen molar-refractivity contribution in [2.24, 2.45) is 0 Å². The molecule has 0 saturated heterocycles. The first-order valence-electron chi connectivity index (χ1n) is 5.78. The summed E-state index contributed by atoms with van der Waals surface area (Å²) in [4.78, 5) is 7.95. The van der Waals surface area contributed by atoms with Gasteiger partial charge in [0.25, 0.3) is 0 Å². The van der Waals surface area contributed by atoms with E-state index in [1.807, 2.05) is 30.3 Å². The molecule has 0 spiro atoms. The summed E-state index contributed by atoms with van der Waals surface area (Å²) in [5.74, 6) is 0.579. The maximum absolute atomic E-state index is 9.45. The maximum Gasteiger partial charge on any atom is 0.224 e. The van der Waals surface area contributed by atoms with Gasteiger partial charge in [-0.3, -0.25) is 0 Å². The van der Waals surface area contributed by atoms with E-state index in [2.05, 4.69) is 31.2 Å². The summed E-state index contributed by atoms with van der Waals surface area (Å²) >= 11 is 9.10. The molecule has 0 amide bonds. The Kier molecular flexibility index (Phi) is 5.13. The first-order valence-corrected chi connectivity index (χ1v) is 6.95. The van der Waals surface area contributed by atoms with Crippen LogP contribution >= 0.6 is 27.5 Å². The average Bonchev–Trinajstić information content (AvgIpc) is 2.43. The molecule has 2 aromatic rings. The number of nitrogens with one attached hydrogen (secondary N) is 1. The number of aliphatic hydroxyl groups is 1. The highest BCUT2D eigenvalue weighted by molar-refractivity contribution is 9.10. The summed E-state index contributed by atoms with van der Waals surface area (Å²) in [5.41, 5.74) is 1.14. The Morgan fingerprint density at radius 2 is 2.05 bits per heavy atom. The quantitative estimate of drug-likeness (QED) is 0.820. The number of hydrogen-bond acceptors (Lipinski definition) is 4. The Morgan fingerprint density at radius 1 is 1.32 bits per heavy atom. The third kappa shape index (κ3) is 4.16. The number of aliphatic hydroxyl groups excluding tert-OH is 1. The highest BCUT2D eigenvalue weighted by Crippen LogP contribution is 2.21. The minimum atomic E-state index is -0.135. The predicted octanol–water partition coefficient (Wildman–Crippen LogP) is 2.91. The molecule has 0 fully saturated rings. The van der Waals surface area contributed by atoms with Crippen molar-refractivity contribution in [2.45, 2.75) is 12.5 Å². The van der Waals surface area contributed by atoms with E-state index in [-0.39, 0.29) is 17.9 Å². The predicted molar refractivity (Wildman–Crippen MR) is 79.4 cm³/mol.